The third-order valence-corrected chi connectivity index (χ3v) is 2.06. The number of rotatable bonds is 4. The van der Waals surface area contributed by atoms with Gasteiger partial charge in [-0.05, 0) is 24.7 Å². The second kappa shape index (κ2) is 4.44. The standard InChI is InChI=1S/C10H13F2NO2/c1-15-9-6-7(2-3-8(9)14)10(11,12)4-5-13/h2-3,6,14H,4-5,13H2,1H3. The van der Waals surface area contributed by atoms with Crippen LogP contribution in [0, 0.1) is 0 Å². The van der Waals surface area contributed by atoms with Crippen molar-refractivity contribution in [2.45, 2.75) is 12.3 Å². The van der Waals surface area contributed by atoms with Crippen molar-refractivity contribution in [2.24, 2.45) is 5.73 Å². The summed E-state index contributed by atoms with van der Waals surface area (Å²) >= 11 is 0. The van der Waals surface area contributed by atoms with Gasteiger partial charge < -0.3 is 15.6 Å². The van der Waals surface area contributed by atoms with Crippen LogP contribution in [0.1, 0.15) is 12.0 Å². The van der Waals surface area contributed by atoms with Crippen molar-refractivity contribution in [3.63, 3.8) is 0 Å². The third-order valence-electron chi connectivity index (χ3n) is 2.06. The molecule has 84 valence electrons. The van der Waals surface area contributed by atoms with Crippen molar-refractivity contribution in [3.05, 3.63) is 23.8 Å². The number of nitrogens with two attached hydrogens (primary N) is 1. The Bertz CT molecular complexity index is 342. The molecule has 0 bridgehead atoms. The van der Waals surface area contributed by atoms with E-state index in [9.17, 15) is 13.9 Å². The highest BCUT2D eigenvalue weighted by molar-refractivity contribution is 5.43. The fourth-order valence-electron chi connectivity index (χ4n) is 1.23. The van der Waals surface area contributed by atoms with E-state index in [1.54, 1.807) is 0 Å². The lowest BCUT2D eigenvalue weighted by Crippen LogP contribution is -2.18. The quantitative estimate of drug-likeness (QED) is 0.809. The van der Waals surface area contributed by atoms with Gasteiger partial charge in [0.05, 0.1) is 7.11 Å². The molecule has 0 aliphatic carbocycles. The van der Waals surface area contributed by atoms with Gasteiger partial charge in [-0.3, -0.25) is 0 Å². The topological polar surface area (TPSA) is 55.5 Å². The first kappa shape index (κ1) is 11.7. The van der Waals surface area contributed by atoms with E-state index in [-0.39, 0.29) is 23.6 Å². The number of benzene rings is 1. The molecule has 0 fully saturated rings. The van der Waals surface area contributed by atoms with Gasteiger partial charge in [-0.15, -0.1) is 0 Å². The molecule has 0 saturated heterocycles. The van der Waals surface area contributed by atoms with E-state index in [2.05, 4.69) is 0 Å². The lowest BCUT2D eigenvalue weighted by atomic mass is 10.0. The zero-order valence-corrected chi connectivity index (χ0v) is 8.34. The van der Waals surface area contributed by atoms with Crippen LogP contribution >= 0.6 is 0 Å². The van der Waals surface area contributed by atoms with Crippen LogP contribution in [0.15, 0.2) is 18.2 Å². The van der Waals surface area contributed by atoms with Gasteiger partial charge in [-0.2, -0.15) is 0 Å². The number of ether oxygens (including phenoxy) is 1. The Kier molecular flexibility index (Phi) is 3.47. The van der Waals surface area contributed by atoms with Crippen molar-refractivity contribution in [3.8, 4) is 11.5 Å². The number of phenolic OH excluding ortho intramolecular Hbond substituents is 1. The molecule has 3 nitrogen and oxygen atoms in total. The van der Waals surface area contributed by atoms with Crippen LogP contribution in [0.3, 0.4) is 0 Å². The molecule has 5 heteroatoms. The largest absolute Gasteiger partial charge is 0.504 e. The fourth-order valence-corrected chi connectivity index (χ4v) is 1.23. The Morgan fingerprint density at radius 3 is 2.67 bits per heavy atom. The SMILES string of the molecule is COc1cc(C(F)(F)CCN)ccc1O. The smallest absolute Gasteiger partial charge is 0.274 e. The van der Waals surface area contributed by atoms with Gasteiger partial charge in [0.1, 0.15) is 0 Å². The van der Waals surface area contributed by atoms with E-state index in [1.165, 1.54) is 13.2 Å². The number of methoxy groups -OCH3 is 1. The molecule has 1 aromatic carbocycles. The van der Waals surface area contributed by atoms with Crippen molar-refractivity contribution >= 4 is 0 Å². The molecule has 1 aromatic rings. The lowest BCUT2D eigenvalue weighted by molar-refractivity contribution is -0.0109. The average molecular weight is 217 g/mol. The monoisotopic (exact) mass is 217 g/mol. The Hall–Kier alpha value is -1.36. The molecule has 0 aromatic heterocycles. The van der Waals surface area contributed by atoms with Crippen molar-refractivity contribution in [1.29, 1.82) is 0 Å². The molecule has 0 aliphatic rings. The van der Waals surface area contributed by atoms with Gasteiger partial charge in [0.2, 0.25) is 0 Å². The highest BCUT2D eigenvalue weighted by Gasteiger charge is 2.31. The summed E-state index contributed by atoms with van der Waals surface area (Å²) in [4.78, 5) is 0. The minimum Gasteiger partial charge on any atom is -0.504 e. The predicted molar refractivity (Wildman–Crippen MR) is 52.2 cm³/mol. The van der Waals surface area contributed by atoms with Gasteiger partial charge in [-0.1, -0.05) is 0 Å². The maximum Gasteiger partial charge on any atom is 0.274 e. The average Bonchev–Trinajstić information content (AvgIpc) is 2.18. The Balaban J connectivity index is 3.04. The van der Waals surface area contributed by atoms with Gasteiger partial charge in [0.25, 0.3) is 5.92 Å². The Morgan fingerprint density at radius 1 is 1.47 bits per heavy atom. The summed E-state index contributed by atoms with van der Waals surface area (Å²) in [7, 11) is 1.31. The van der Waals surface area contributed by atoms with Crippen LogP contribution in [0.25, 0.3) is 0 Å². The molecule has 15 heavy (non-hydrogen) atoms. The molecule has 0 atom stereocenters. The first-order valence-electron chi connectivity index (χ1n) is 4.46. The molecule has 0 spiro atoms. The van der Waals surface area contributed by atoms with E-state index in [4.69, 9.17) is 10.5 Å². The maximum absolute atomic E-state index is 13.4. The molecule has 0 aliphatic heterocycles. The summed E-state index contributed by atoms with van der Waals surface area (Å²) < 4.78 is 31.5. The van der Waals surface area contributed by atoms with Gasteiger partial charge in [-0.25, -0.2) is 8.78 Å². The molecule has 0 amide bonds. The minimum absolute atomic E-state index is 0.0317. The van der Waals surface area contributed by atoms with Gasteiger partial charge >= 0.3 is 0 Å². The van der Waals surface area contributed by atoms with Crippen LogP contribution in [0.4, 0.5) is 8.78 Å². The molecular weight excluding hydrogens is 204 g/mol. The van der Waals surface area contributed by atoms with Crippen LogP contribution in [0.2, 0.25) is 0 Å². The third kappa shape index (κ3) is 2.56. The van der Waals surface area contributed by atoms with E-state index in [0.29, 0.717) is 0 Å². The van der Waals surface area contributed by atoms with Crippen molar-refractivity contribution in [1.82, 2.24) is 0 Å². The van der Waals surface area contributed by atoms with Crippen LogP contribution in [-0.4, -0.2) is 18.8 Å². The van der Waals surface area contributed by atoms with Gasteiger partial charge in [0, 0.05) is 12.0 Å². The van der Waals surface area contributed by atoms with E-state index >= 15 is 0 Å². The van der Waals surface area contributed by atoms with E-state index in [0.717, 1.165) is 12.1 Å². The second-order valence-electron chi connectivity index (χ2n) is 3.13. The van der Waals surface area contributed by atoms with Crippen molar-refractivity contribution < 1.29 is 18.6 Å². The van der Waals surface area contributed by atoms with Crippen molar-refractivity contribution in [2.75, 3.05) is 13.7 Å². The van der Waals surface area contributed by atoms with Gasteiger partial charge in [0.15, 0.2) is 11.5 Å². The number of halogens is 2. The molecule has 0 saturated carbocycles. The number of hydrogen-bond donors (Lipinski definition) is 2. The number of phenols is 1. The first-order chi connectivity index (χ1) is 7.01. The zero-order chi connectivity index (χ0) is 11.5. The Labute approximate surface area is 86.5 Å². The number of alkyl halides is 2. The molecule has 1 rings (SSSR count). The molecule has 0 radical (unpaired) electrons. The molecule has 0 heterocycles. The lowest BCUT2D eigenvalue weighted by Gasteiger charge is -2.16. The highest BCUT2D eigenvalue weighted by Crippen LogP contribution is 2.36. The van der Waals surface area contributed by atoms with Crippen LogP contribution in [0.5, 0.6) is 11.5 Å². The van der Waals surface area contributed by atoms with Crippen LogP contribution < -0.4 is 10.5 Å². The number of aromatic hydroxyl groups is 1. The molecule has 0 unspecified atom stereocenters. The number of hydrogen-bond acceptors (Lipinski definition) is 3. The molecular formula is C10H13F2NO2. The summed E-state index contributed by atoms with van der Waals surface area (Å²) in [6.07, 6.45) is -0.430. The fraction of sp³-hybridized carbons (Fsp3) is 0.400. The van der Waals surface area contributed by atoms with Crippen LogP contribution in [-0.2, 0) is 5.92 Å². The highest BCUT2D eigenvalue weighted by atomic mass is 19.3. The predicted octanol–water partition coefficient (Wildman–Crippen LogP) is 1.84. The van der Waals surface area contributed by atoms with E-state index in [1.807, 2.05) is 0 Å². The molecule has 3 N–H and O–H groups in total. The summed E-state index contributed by atoms with van der Waals surface area (Å²) in [6.45, 7) is -0.101. The summed E-state index contributed by atoms with van der Waals surface area (Å²) in [5, 5.41) is 9.24. The second-order valence-corrected chi connectivity index (χ2v) is 3.13. The van der Waals surface area contributed by atoms with E-state index < -0.39 is 12.3 Å². The summed E-state index contributed by atoms with van der Waals surface area (Å²) in [5.74, 6) is -3.12. The Morgan fingerprint density at radius 2 is 2.13 bits per heavy atom. The zero-order valence-electron chi connectivity index (χ0n) is 8.34. The summed E-state index contributed by atoms with van der Waals surface area (Å²) in [6, 6.07) is 3.46. The minimum atomic E-state index is -2.99. The normalized spacial score (nSPS) is 11.5. The summed E-state index contributed by atoms with van der Waals surface area (Å²) in [5.41, 5.74) is 4.89. The maximum atomic E-state index is 13.4. The first-order valence-corrected chi connectivity index (χ1v) is 4.46.